The fourth-order valence-electron chi connectivity index (χ4n) is 2.70. The molecule has 7 heteroatoms. The molecule has 2 heterocycles. The van der Waals surface area contributed by atoms with Crippen molar-refractivity contribution in [1.82, 2.24) is 19.5 Å². The number of anilines is 1. The highest BCUT2D eigenvalue weighted by Gasteiger charge is 2.22. The minimum Gasteiger partial charge on any atom is -0.497 e. The van der Waals surface area contributed by atoms with E-state index in [-0.39, 0.29) is 5.82 Å². The summed E-state index contributed by atoms with van der Waals surface area (Å²) in [5, 5.41) is 3.17. The van der Waals surface area contributed by atoms with Gasteiger partial charge in [-0.1, -0.05) is 12.1 Å². The Morgan fingerprint density at radius 3 is 2.72 bits per heavy atom. The number of hydrogen-bond donors (Lipinski definition) is 1. The Kier molecular flexibility index (Phi) is 4.65. The maximum atomic E-state index is 14.5. The number of hydrogen-bond acceptors (Lipinski definition) is 5. The minimum absolute atomic E-state index is 0.154. The first-order chi connectivity index (χ1) is 12.0. The zero-order valence-electron chi connectivity index (χ0n) is 14.6. The van der Waals surface area contributed by atoms with E-state index in [9.17, 15) is 4.39 Å². The van der Waals surface area contributed by atoms with Gasteiger partial charge in [0.15, 0.2) is 11.6 Å². The lowest BCUT2D eigenvalue weighted by atomic mass is 10.1. The third-order valence-corrected chi connectivity index (χ3v) is 3.95. The fourth-order valence-corrected chi connectivity index (χ4v) is 2.70. The van der Waals surface area contributed by atoms with Crippen LogP contribution in [0.25, 0.3) is 0 Å². The lowest BCUT2D eigenvalue weighted by molar-refractivity contribution is 0.414. The molecule has 130 valence electrons. The van der Waals surface area contributed by atoms with E-state index in [1.54, 1.807) is 27.2 Å². The Morgan fingerprint density at radius 1 is 1.24 bits per heavy atom. The Hall–Kier alpha value is -2.96. The number of nitrogens with zero attached hydrogens (tertiary/aromatic N) is 4. The lowest BCUT2D eigenvalue weighted by Gasteiger charge is -2.21. The van der Waals surface area contributed by atoms with Gasteiger partial charge in [-0.2, -0.15) is 0 Å². The first-order valence-corrected chi connectivity index (χ1v) is 7.88. The van der Waals surface area contributed by atoms with Crippen LogP contribution in [0.1, 0.15) is 28.9 Å². The van der Waals surface area contributed by atoms with Gasteiger partial charge < -0.3 is 14.6 Å². The summed E-state index contributed by atoms with van der Waals surface area (Å²) in [7, 11) is 3.50. The van der Waals surface area contributed by atoms with Gasteiger partial charge in [0.25, 0.3) is 0 Å². The van der Waals surface area contributed by atoms with E-state index >= 15 is 0 Å². The van der Waals surface area contributed by atoms with Crippen LogP contribution in [0.15, 0.2) is 36.7 Å². The summed E-state index contributed by atoms with van der Waals surface area (Å²) < 4.78 is 21.7. The van der Waals surface area contributed by atoms with Crippen molar-refractivity contribution in [3.05, 3.63) is 65.4 Å². The van der Waals surface area contributed by atoms with Crippen LogP contribution >= 0.6 is 0 Å². The van der Waals surface area contributed by atoms with Gasteiger partial charge in [0.05, 0.1) is 12.8 Å². The van der Waals surface area contributed by atoms with Crippen molar-refractivity contribution >= 4 is 5.82 Å². The van der Waals surface area contributed by atoms with Crippen LogP contribution in [-0.4, -0.2) is 26.6 Å². The predicted octanol–water partition coefficient (Wildman–Crippen LogP) is 3.18. The highest BCUT2D eigenvalue weighted by molar-refractivity contribution is 5.45. The molecule has 0 amide bonds. The zero-order chi connectivity index (χ0) is 18.0. The van der Waals surface area contributed by atoms with E-state index in [0.29, 0.717) is 17.3 Å². The molecule has 0 aliphatic carbocycles. The number of imidazole rings is 1. The summed E-state index contributed by atoms with van der Waals surface area (Å²) in [5.74, 6) is 1.65. The van der Waals surface area contributed by atoms with Gasteiger partial charge in [-0.25, -0.2) is 19.3 Å². The quantitative estimate of drug-likeness (QED) is 0.772. The minimum atomic E-state index is -0.465. The maximum Gasteiger partial charge on any atom is 0.186 e. The van der Waals surface area contributed by atoms with Crippen molar-refractivity contribution in [1.29, 1.82) is 0 Å². The Labute approximate surface area is 145 Å². The average molecular weight is 341 g/mol. The summed E-state index contributed by atoms with van der Waals surface area (Å²) in [6, 6.07) is 7.19. The van der Waals surface area contributed by atoms with Crippen LogP contribution in [0.5, 0.6) is 5.75 Å². The molecule has 1 aromatic carbocycles. The molecule has 0 saturated heterocycles. The summed E-state index contributed by atoms with van der Waals surface area (Å²) in [6.45, 7) is 3.36. The maximum absolute atomic E-state index is 14.5. The molecule has 25 heavy (non-hydrogen) atoms. The molecule has 6 nitrogen and oxygen atoms in total. The second-order valence-electron chi connectivity index (χ2n) is 5.77. The third kappa shape index (κ3) is 3.45. The fraction of sp³-hybridized carbons (Fsp3) is 0.278. The van der Waals surface area contributed by atoms with E-state index in [2.05, 4.69) is 20.3 Å². The Bertz CT molecular complexity index is 893. The van der Waals surface area contributed by atoms with E-state index < -0.39 is 11.9 Å². The highest BCUT2D eigenvalue weighted by Crippen LogP contribution is 2.28. The van der Waals surface area contributed by atoms with Crippen LogP contribution in [0.2, 0.25) is 0 Å². The first-order valence-electron chi connectivity index (χ1n) is 7.88. The molecule has 2 aromatic heterocycles. The summed E-state index contributed by atoms with van der Waals surface area (Å²) >= 11 is 0. The average Bonchev–Trinajstić information content (AvgIpc) is 3.02. The molecule has 0 fully saturated rings. The van der Waals surface area contributed by atoms with Crippen molar-refractivity contribution in [2.75, 3.05) is 12.4 Å². The van der Waals surface area contributed by atoms with Crippen LogP contribution in [-0.2, 0) is 7.05 Å². The molecule has 0 bridgehead atoms. The molecule has 0 aliphatic heterocycles. The predicted molar refractivity (Wildman–Crippen MR) is 93.1 cm³/mol. The van der Waals surface area contributed by atoms with Crippen molar-refractivity contribution in [3.8, 4) is 5.75 Å². The monoisotopic (exact) mass is 341 g/mol. The molecule has 1 N–H and O–H groups in total. The van der Waals surface area contributed by atoms with Gasteiger partial charge in [0, 0.05) is 19.4 Å². The number of halogens is 1. The third-order valence-electron chi connectivity index (χ3n) is 3.95. The molecule has 1 atom stereocenters. The SMILES string of the molecule is COc1cccc([C@H](Nc2nc(C)nc(C)c2F)c2nccn2C)c1. The van der Waals surface area contributed by atoms with Gasteiger partial charge in [0.1, 0.15) is 23.4 Å². The molecule has 3 aromatic rings. The molecular weight excluding hydrogens is 321 g/mol. The molecule has 0 radical (unpaired) electrons. The number of rotatable bonds is 5. The lowest BCUT2D eigenvalue weighted by Crippen LogP contribution is -2.19. The van der Waals surface area contributed by atoms with E-state index in [1.807, 2.05) is 42.1 Å². The highest BCUT2D eigenvalue weighted by atomic mass is 19.1. The Morgan fingerprint density at radius 2 is 2.04 bits per heavy atom. The number of aryl methyl sites for hydroxylation is 3. The largest absolute Gasteiger partial charge is 0.497 e. The molecule has 0 unspecified atom stereocenters. The standard InChI is InChI=1S/C18H20FN5O/c1-11-15(19)17(22-12(2)21-11)23-16(18-20-8-9-24(18)3)13-6-5-7-14(10-13)25-4/h5-10,16H,1-4H3,(H,21,22,23)/t16-/m0/s1. The van der Waals surface area contributed by atoms with Crippen LogP contribution < -0.4 is 10.1 Å². The molecule has 0 aliphatic rings. The number of ether oxygens (including phenoxy) is 1. The van der Waals surface area contributed by atoms with Crippen LogP contribution in [0.4, 0.5) is 10.2 Å². The van der Waals surface area contributed by atoms with Crippen molar-refractivity contribution in [3.63, 3.8) is 0 Å². The van der Waals surface area contributed by atoms with Crippen LogP contribution in [0, 0.1) is 19.7 Å². The topological polar surface area (TPSA) is 64.9 Å². The number of aromatic nitrogens is 4. The summed E-state index contributed by atoms with van der Waals surface area (Å²) in [4.78, 5) is 12.7. The van der Waals surface area contributed by atoms with Crippen molar-refractivity contribution in [2.45, 2.75) is 19.9 Å². The van der Waals surface area contributed by atoms with E-state index in [1.165, 1.54) is 0 Å². The van der Waals surface area contributed by atoms with Crippen LogP contribution in [0.3, 0.4) is 0 Å². The molecule has 3 rings (SSSR count). The van der Waals surface area contributed by atoms with Gasteiger partial charge in [0.2, 0.25) is 0 Å². The number of benzene rings is 1. The van der Waals surface area contributed by atoms with Crippen molar-refractivity contribution in [2.24, 2.45) is 7.05 Å². The number of nitrogens with one attached hydrogen (secondary N) is 1. The second kappa shape index (κ2) is 6.88. The zero-order valence-corrected chi connectivity index (χ0v) is 14.6. The van der Waals surface area contributed by atoms with Gasteiger partial charge in [-0.3, -0.25) is 0 Å². The summed E-state index contributed by atoms with van der Waals surface area (Å²) in [6.07, 6.45) is 3.55. The first kappa shape index (κ1) is 16.9. The Balaban J connectivity index is 2.08. The van der Waals surface area contributed by atoms with Crippen molar-refractivity contribution < 1.29 is 9.13 Å². The molecular formula is C18H20FN5O. The normalized spacial score (nSPS) is 12.0. The number of methoxy groups -OCH3 is 1. The van der Waals surface area contributed by atoms with Gasteiger partial charge in [-0.05, 0) is 31.5 Å². The molecule has 0 saturated carbocycles. The van der Waals surface area contributed by atoms with Gasteiger partial charge >= 0.3 is 0 Å². The smallest absolute Gasteiger partial charge is 0.186 e. The summed E-state index contributed by atoms with van der Waals surface area (Å²) in [5.41, 5.74) is 1.20. The van der Waals surface area contributed by atoms with E-state index in [4.69, 9.17) is 4.74 Å². The second-order valence-corrected chi connectivity index (χ2v) is 5.77. The van der Waals surface area contributed by atoms with Gasteiger partial charge in [-0.15, -0.1) is 0 Å². The van der Waals surface area contributed by atoms with E-state index in [0.717, 1.165) is 11.4 Å². The molecule has 0 spiro atoms.